The monoisotopic (exact) mass is 226 g/mol. The average molecular weight is 226 g/mol. The molecule has 0 saturated heterocycles. The largest absolute Gasteiger partial charge is 0.299 e. The van der Waals surface area contributed by atoms with Gasteiger partial charge in [0.2, 0.25) is 0 Å². The summed E-state index contributed by atoms with van der Waals surface area (Å²) in [6.45, 7) is 15.3. The van der Waals surface area contributed by atoms with Crippen molar-refractivity contribution < 1.29 is 4.79 Å². The van der Waals surface area contributed by atoms with Crippen LogP contribution in [0.3, 0.4) is 0 Å². The van der Waals surface area contributed by atoms with Crippen LogP contribution in [0.2, 0.25) is 0 Å². The minimum atomic E-state index is 0.126. The zero-order valence-corrected chi connectivity index (χ0v) is 12.3. The molecule has 0 rings (SSSR count). The van der Waals surface area contributed by atoms with Gasteiger partial charge in [0, 0.05) is 12.3 Å². The van der Waals surface area contributed by atoms with Gasteiger partial charge in [-0.3, -0.25) is 4.79 Å². The molecule has 0 aromatic carbocycles. The van der Waals surface area contributed by atoms with E-state index in [9.17, 15) is 4.79 Å². The summed E-state index contributed by atoms with van der Waals surface area (Å²) >= 11 is 0. The quantitative estimate of drug-likeness (QED) is 0.655. The van der Waals surface area contributed by atoms with Crippen LogP contribution < -0.4 is 0 Å². The Bertz CT molecular complexity index is 215. The van der Waals surface area contributed by atoms with Crippen LogP contribution in [0, 0.1) is 16.7 Å². The van der Waals surface area contributed by atoms with Crippen molar-refractivity contribution in [3.05, 3.63) is 0 Å². The molecule has 1 nitrogen and oxygen atoms in total. The van der Waals surface area contributed by atoms with Crippen molar-refractivity contribution >= 4 is 5.78 Å². The Morgan fingerprint density at radius 3 is 1.81 bits per heavy atom. The van der Waals surface area contributed by atoms with Crippen LogP contribution in [0.5, 0.6) is 0 Å². The number of rotatable bonds is 5. The van der Waals surface area contributed by atoms with Crippen molar-refractivity contribution in [3.8, 4) is 0 Å². The third-order valence-corrected chi connectivity index (χ3v) is 2.66. The first-order valence-corrected chi connectivity index (χ1v) is 6.58. The van der Waals surface area contributed by atoms with Crippen molar-refractivity contribution in [2.24, 2.45) is 16.7 Å². The normalized spacial score (nSPS) is 14.9. The summed E-state index contributed by atoms with van der Waals surface area (Å²) < 4.78 is 0. The molecule has 0 heterocycles. The number of carbonyl (C=O) groups excluding carboxylic acids is 1. The maximum absolute atomic E-state index is 12.2. The summed E-state index contributed by atoms with van der Waals surface area (Å²) in [6.07, 6.45) is 3.90. The molecule has 0 saturated carbocycles. The molecule has 0 aliphatic rings. The summed E-state index contributed by atoms with van der Waals surface area (Å²) in [5, 5.41) is 0. The maximum atomic E-state index is 12.2. The van der Waals surface area contributed by atoms with E-state index in [1.165, 1.54) is 0 Å². The molecule has 0 spiro atoms. The zero-order chi connectivity index (χ0) is 13.0. The highest BCUT2D eigenvalue weighted by molar-refractivity contribution is 5.81. The smallest absolute Gasteiger partial charge is 0.136 e. The van der Waals surface area contributed by atoms with Gasteiger partial charge in [-0.15, -0.1) is 0 Å². The van der Waals surface area contributed by atoms with Gasteiger partial charge in [-0.1, -0.05) is 54.9 Å². The van der Waals surface area contributed by atoms with E-state index >= 15 is 0 Å². The first-order chi connectivity index (χ1) is 7.05. The van der Waals surface area contributed by atoms with Crippen LogP contribution in [-0.2, 0) is 4.79 Å². The molecule has 0 bridgehead atoms. The van der Waals surface area contributed by atoms with Crippen LogP contribution >= 0.6 is 0 Å². The predicted molar refractivity (Wildman–Crippen MR) is 71.5 cm³/mol. The summed E-state index contributed by atoms with van der Waals surface area (Å²) in [5.41, 5.74) is 0.383. The molecule has 1 heteroatoms. The highest BCUT2D eigenvalue weighted by atomic mass is 16.1. The van der Waals surface area contributed by atoms with E-state index in [1.807, 2.05) is 0 Å². The fourth-order valence-electron chi connectivity index (χ4n) is 2.13. The summed E-state index contributed by atoms with van der Waals surface area (Å²) in [4.78, 5) is 12.2. The van der Waals surface area contributed by atoms with Crippen molar-refractivity contribution in [1.82, 2.24) is 0 Å². The topological polar surface area (TPSA) is 17.1 Å². The zero-order valence-electron chi connectivity index (χ0n) is 12.3. The van der Waals surface area contributed by atoms with Gasteiger partial charge in [-0.25, -0.2) is 0 Å². The summed E-state index contributed by atoms with van der Waals surface area (Å²) in [6, 6.07) is 0. The van der Waals surface area contributed by atoms with Crippen LogP contribution in [0.25, 0.3) is 0 Å². The minimum absolute atomic E-state index is 0.126. The number of Topliss-reactive ketones (excluding diaryl/α,β-unsaturated/α-hetero) is 1. The second-order valence-corrected chi connectivity index (χ2v) is 7.45. The van der Waals surface area contributed by atoms with Crippen molar-refractivity contribution in [2.45, 2.75) is 74.1 Å². The van der Waals surface area contributed by atoms with E-state index in [1.54, 1.807) is 0 Å². The van der Waals surface area contributed by atoms with Gasteiger partial charge in [0.15, 0.2) is 0 Å². The summed E-state index contributed by atoms with van der Waals surface area (Å²) in [5.74, 6) is 0.730. The Hall–Kier alpha value is -0.330. The third kappa shape index (κ3) is 7.90. The van der Waals surface area contributed by atoms with Gasteiger partial charge in [0.1, 0.15) is 5.78 Å². The van der Waals surface area contributed by atoms with E-state index in [2.05, 4.69) is 48.5 Å². The molecule has 16 heavy (non-hydrogen) atoms. The molecule has 0 amide bonds. The fourth-order valence-corrected chi connectivity index (χ4v) is 2.13. The number of ketones is 1. The van der Waals surface area contributed by atoms with Gasteiger partial charge >= 0.3 is 0 Å². The minimum Gasteiger partial charge on any atom is -0.299 e. The Kier molecular flexibility index (Phi) is 5.72. The molecule has 0 radical (unpaired) electrons. The first kappa shape index (κ1) is 15.7. The van der Waals surface area contributed by atoms with Crippen LogP contribution in [0.1, 0.15) is 74.1 Å². The van der Waals surface area contributed by atoms with Crippen molar-refractivity contribution in [2.75, 3.05) is 0 Å². The van der Waals surface area contributed by atoms with Crippen molar-refractivity contribution in [3.63, 3.8) is 0 Å². The van der Waals surface area contributed by atoms with E-state index in [-0.39, 0.29) is 16.7 Å². The molecular formula is C15H30O. The number of hydrogen-bond donors (Lipinski definition) is 0. The van der Waals surface area contributed by atoms with Gasteiger partial charge in [0.25, 0.3) is 0 Å². The van der Waals surface area contributed by atoms with E-state index in [4.69, 9.17) is 0 Å². The Morgan fingerprint density at radius 2 is 1.50 bits per heavy atom. The Morgan fingerprint density at radius 1 is 1.00 bits per heavy atom. The highest BCUT2D eigenvalue weighted by Gasteiger charge is 2.26. The Labute approximate surface area is 102 Å². The molecule has 0 aromatic heterocycles. The lowest BCUT2D eigenvalue weighted by Crippen LogP contribution is -2.25. The average Bonchev–Trinajstić information content (AvgIpc) is 1.97. The van der Waals surface area contributed by atoms with Crippen LogP contribution in [0.15, 0.2) is 0 Å². The molecule has 0 fully saturated rings. The second kappa shape index (κ2) is 5.84. The standard InChI is InChI=1S/C15H30O/c1-8-9-12(10-14(2,3)4)13(16)11-15(5,6)7/h12H,8-11H2,1-7H3. The third-order valence-electron chi connectivity index (χ3n) is 2.66. The molecule has 0 aliphatic heterocycles. The molecule has 0 N–H and O–H groups in total. The molecule has 1 atom stereocenters. The van der Waals surface area contributed by atoms with Crippen LogP contribution in [-0.4, -0.2) is 5.78 Å². The lowest BCUT2D eigenvalue weighted by atomic mass is 9.77. The lowest BCUT2D eigenvalue weighted by Gasteiger charge is -2.27. The molecular weight excluding hydrogens is 196 g/mol. The lowest BCUT2D eigenvalue weighted by molar-refractivity contribution is -0.125. The van der Waals surface area contributed by atoms with Crippen LogP contribution in [0.4, 0.5) is 0 Å². The maximum Gasteiger partial charge on any atom is 0.136 e. The number of carbonyl (C=O) groups is 1. The van der Waals surface area contributed by atoms with Gasteiger partial charge in [-0.05, 0) is 23.7 Å². The molecule has 0 aliphatic carbocycles. The summed E-state index contributed by atoms with van der Waals surface area (Å²) in [7, 11) is 0. The van der Waals surface area contributed by atoms with E-state index in [0.29, 0.717) is 12.2 Å². The molecule has 96 valence electrons. The molecule has 1 unspecified atom stereocenters. The van der Waals surface area contributed by atoms with Crippen molar-refractivity contribution in [1.29, 1.82) is 0 Å². The SMILES string of the molecule is CCCC(CC(C)(C)C)C(=O)CC(C)(C)C. The first-order valence-electron chi connectivity index (χ1n) is 6.58. The Balaban J connectivity index is 4.47. The van der Waals surface area contributed by atoms with Gasteiger partial charge < -0.3 is 0 Å². The van der Waals surface area contributed by atoms with E-state index < -0.39 is 0 Å². The highest BCUT2D eigenvalue weighted by Crippen LogP contribution is 2.31. The molecule has 0 aromatic rings. The second-order valence-electron chi connectivity index (χ2n) is 7.45. The van der Waals surface area contributed by atoms with Gasteiger partial charge in [0.05, 0.1) is 0 Å². The fraction of sp³-hybridized carbons (Fsp3) is 0.933. The number of hydrogen-bond acceptors (Lipinski definition) is 1. The van der Waals surface area contributed by atoms with E-state index in [0.717, 1.165) is 19.3 Å². The van der Waals surface area contributed by atoms with Gasteiger partial charge in [-0.2, -0.15) is 0 Å². The predicted octanol–water partition coefficient (Wildman–Crippen LogP) is 4.84.